The maximum Gasteiger partial charge on any atom is 0.243 e. The molecule has 0 aromatic heterocycles. The van der Waals surface area contributed by atoms with Gasteiger partial charge in [-0.15, -0.1) is 0 Å². The second kappa shape index (κ2) is 6.24. The molecule has 0 radical (unpaired) electrons. The quantitative estimate of drug-likeness (QED) is 0.782. The Hall–Kier alpha value is -1.02. The monoisotopic (exact) mass is 276 g/mol. The van der Waals surface area contributed by atoms with E-state index in [4.69, 9.17) is 10.8 Å². The lowest BCUT2D eigenvalue weighted by Gasteiger charge is -2.19. The Morgan fingerprint density at radius 3 is 2.61 bits per heavy atom. The Morgan fingerprint density at radius 2 is 2.11 bits per heavy atom. The van der Waals surface area contributed by atoms with E-state index in [1.54, 1.807) is 6.92 Å². The standard InChI is InChI=1S/C11H17FN2O3S/c1-2-14(5-6-15)18(16,17)10-3-4-11(12)9(7-10)8-13/h3-4,7,15H,2,5-6,8,13H2,1H3. The Bertz CT molecular complexity index is 505. The van der Waals surface area contributed by atoms with Gasteiger partial charge in [0.05, 0.1) is 11.5 Å². The molecule has 0 atom stereocenters. The molecule has 7 heteroatoms. The minimum Gasteiger partial charge on any atom is -0.395 e. The Morgan fingerprint density at radius 1 is 1.44 bits per heavy atom. The first kappa shape index (κ1) is 15.0. The molecular formula is C11H17FN2O3S. The maximum atomic E-state index is 13.3. The van der Waals surface area contributed by atoms with Crippen molar-refractivity contribution in [3.63, 3.8) is 0 Å². The normalized spacial score (nSPS) is 12.1. The van der Waals surface area contributed by atoms with E-state index in [2.05, 4.69) is 0 Å². The number of benzene rings is 1. The summed E-state index contributed by atoms with van der Waals surface area (Å²) >= 11 is 0. The number of rotatable bonds is 6. The van der Waals surface area contributed by atoms with Gasteiger partial charge < -0.3 is 10.8 Å². The first-order chi connectivity index (χ1) is 8.47. The average Bonchev–Trinajstić information content (AvgIpc) is 2.35. The zero-order valence-corrected chi connectivity index (χ0v) is 11.0. The average molecular weight is 276 g/mol. The zero-order chi connectivity index (χ0) is 13.8. The zero-order valence-electron chi connectivity index (χ0n) is 10.1. The van der Waals surface area contributed by atoms with Crippen LogP contribution in [0.2, 0.25) is 0 Å². The van der Waals surface area contributed by atoms with Gasteiger partial charge >= 0.3 is 0 Å². The summed E-state index contributed by atoms with van der Waals surface area (Å²) < 4.78 is 38.8. The van der Waals surface area contributed by atoms with Crippen LogP contribution in [0.5, 0.6) is 0 Å². The van der Waals surface area contributed by atoms with Crippen molar-refractivity contribution in [1.29, 1.82) is 0 Å². The van der Waals surface area contributed by atoms with Crippen molar-refractivity contribution < 1.29 is 17.9 Å². The van der Waals surface area contributed by atoms with Crippen LogP contribution in [0.1, 0.15) is 12.5 Å². The molecule has 0 saturated carbocycles. The highest BCUT2D eigenvalue weighted by molar-refractivity contribution is 7.89. The SMILES string of the molecule is CCN(CCO)S(=O)(=O)c1ccc(F)c(CN)c1. The highest BCUT2D eigenvalue weighted by Gasteiger charge is 2.23. The van der Waals surface area contributed by atoms with Gasteiger partial charge in [-0.1, -0.05) is 6.92 Å². The summed E-state index contributed by atoms with van der Waals surface area (Å²) in [5.41, 5.74) is 5.49. The minimum absolute atomic E-state index is 0.00810. The van der Waals surface area contributed by atoms with Crippen LogP contribution >= 0.6 is 0 Å². The molecule has 1 rings (SSSR count). The van der Waals surface area contributed by atoms with Crippen LogP contribution in [0.4, 0.5) is 4.39 Å². The van der Waals surface area contributed by atoms with E-state index >= 15 is 0 Å². The first-order valence-electron chi connectivity index (χ1n) is 5.56. The van der Waals surface area contributed by atoms with Crippen molar-refractivity contribution in [2.24, 2.45) is 5.73 Å². The maximum absolute atomic E-state index is 13.3. The summed E-state index contributed by atoms with van der Waals surface area (Å²) in [6, 6.07) is 3.51. The second-order valence-electron chi connectivity index (χ2n) is 3.68. The topological polar surface area (TPSA) is 83.6 Å². The summed E-state index contributed by atoms with van der Waals surface area (Å²) in [4.78, 5) is -0.0142. The van der Waals surface area contributed by atoms with Gasteiger partial charge in [0.25, 0.3) is 0 Å². The van der Waals surface area contributed by atoms with E-state index in [0.29, 0.717) is 0 Å². The molecule has 0 fully saturated rings. The van der Waals surface area contributed by atoms with Crippen molar-refractivity contribution in [2.45, 2.75) is 18.4 Å². The summed E-state index contributed by atoms with van der Waals surface area (Å²) in [7, 11) is -3.71. The van der Waals surface area contributed by atoms with Crippen molar-refractivity contribution in [3.8, 4) is 0 Å². The van der Waals surface area contributed by atoms with Gasteiger partial charge in [0.15, 0.2) is 0 Å². The highest BCUT2D eigenvalue weighted by Crippen LogP contribution is 2.18. The molecule has 0 bridgehead atoms. The molecule has 18 heavy (non-hydrogen) atoms. The van der Waals surface area contributed by atoms with Gasteiger partial charge in [-0.25, -0.2) is 12.8 Å². The largest absolute Gasteiger partial charge is 0.395 e. The number of aliphatic hydroxyl groups excluding tert-OH is 1. The number of sulfonamides is 1. The number of likely N-dealkylation sites (N-methyl/N-ethyl adjacent to an activating group) is 1. The molecule has 0 unspecified atom stereocenters. The predicted octanol–water partition coefficient (Wildman–Crippen LogP) is 0.287. The molecule has 0 aliphatic rings. The van der Waals surface area contributed by atoms with Crippen LogP contribution in [0.3, 0.4) is 0 Å². The molecular weight excluding hydrogens is 259 g/mol. The third kappa shape index (κ3) is 3.05. The number of nitrogens with two attached hydrogens (primary N) is 1. The fourth-order valence-electron chi connectivity index (χ4n) is 1.58. The van der Waals surface area contributed by atoms with Gasteiger partial charge in [-0.05, 0) is 18.2 Å². The van der Waals surface area contributed by atoms with Crippen LogP contribution in [0.25, 0.3) is 0 Å². The lowest BCUT2D eigenvalue weighted by atomic mass is 10.2. The number of nitrogens with zero attached hydrogens (tertiary/aromatic N) is 1. The lowest BCUT2D eigenvalue weighted by Crippen LogP contribution is -2.33. The minimum atomic E-state index is -3.71. The number of aliphatic hydroxyl groups is 1. The summed E-state index contributed by atoms with van der Waals surface area (Å²) in [5.74, 6) is -0.526. The number of halogens is 1. The molecule has 0 heterocycles. The Labute approximate surface area is 106 Å². The van der Waals surface area contributed by atoms with Crippen molar-refractivity contribution >= 4 is 10.0 Å². The smallest absolute Gasteiger partial charge is 0.243 e. The molecule has 0 amide bonds. The van der Waals surface area contributed by atoms with E-state index in [1.165, 1.54) is 12.1 Å². The molecule has 0 aliphatic heterocycles. The molecule has 5 nitrogen and oxygen atoms in total. The molecule has 0 spiro atoms. The molecule has 0 aliphatic carbocycles. The third-order valence-electron chi connectivity index (χ3n) is 2.58. The highest BCUT2D eigenvalue weighted by atomic mass is 32.2. The number of hydrogen-bond acceptors (Lipinski definition) is 4. The lowest BCUT2D eigenvalue weighted by molar-refractivity contribution is 0.257. The Kier molecular flexibility index (Phi) is 5.21. The van der Waals surface area contributed by atoms with Crippen LogP contribution in [0, 0.1) is 5.82 Å². The van der Waals surface area contributed by atoms with E-state index in [0.717, 1.165) is 10.4 Å². The van der Waals surface area contributed by atoms with Gasteiger partial charge in [0.2, 0.25) is 10.0 Å². The van der Waals surface area contributed by atoms with Gasteiger partial charge in [-0.3, -0.25) is 0 Å². The van der Waals surface area contributed by atoms with E-state index < -0.39 is 15.8 Å². The van der Waals surface area contributed by atoms with Gasteiger partial charge in [-0.2, -0.15) is 4.31 Å². The second-order valence-corrected chi connectivity index (χ2v) is 5.62. The van der Waals surface area contributed by atoms with E-state index in [1.807, 2.05) is 0 Å². The molecule has 102 valence electrons. The molecule has 0 saturated heterocycles. The van der Waals surface area contributed by atoms with E-state index in [9.17, 15) is 12.8 Å². The fourth-order valence-corrected chi connectivity index (χ4v) is 3.07. The Balaban J connectivity index is 3.19. The van der Waals surface area contributed by atoms with Crippen LogP contribution in [-0.2, 0) is 16.6 Å². The fraction of sp³-hybridized carbons (Fsp3) is 0.455. The van der Waals surface area contributed by atoms with Gasteiger partial charge in [0, 0.05) is 25.2 Å². The van der Waals surface area contributed by atoms with Gasteiger partial charge in [0.1, 0.15) is 5.82 Å². The van der Waals surface area contributed by atoms with Crippen molar-refractivity contribution in [3.05, 3.63) is 29.6 Å². The summed E-state index contributed by atoms with van der Waals surface area (Å²) in [5, 5.41) is 8.84. The van der Waals surface area contributed by atoms with Crippen LogP contribution < -0.4 is 5.73 Å². The first-order valence-corrected chi connectivity index (χ1v) is 7.00. The van der Waals surface area contributed by atoms with Crippen molar-refractivity contribution in [2.75, 3.05) is 19.7 Å². The summed E-state index contributed by atoms with van der Waals surface area (Å²) in [6.45, 7) is 1.58. The molecule has 3 N–H and O–H groups in total. The molecule has 1 aromatic carbocycles. The number of hydrogen-bond donors (Lipinski definition) is 2. The summed E-state index contributed by atoms with van der Waals surface area (Å²) in [6.07, 6.45) is 0. The third-order valence-corrected chi connectivity index (χ3v) is 4.55. The predicted molar refractivity (Wildman–Crippen MR) is 65.8 cm³/mol. The molecule has 1 aromatic rings. The van der Waals surface area contributed by atoms with Crippen LogP contribution in [-0.4, -0.2) is 37.5 Å². The van der Waals surface area contributed by atoms with Crippen molar-refractivity contribution in [1.82, 2.24) is 4.31 Å². The van der Waals surface area contributed by atoms with E-state index in [-0.39, 0.29) is 36.7 Å². The van der Waals surface area contributed by atoms with Crippen LogP contribution in [0.15, 0.2) is 23.1 Å².